The van der Waals surface area contributed by atoms with Crippen LogP contribution in [0, 0.1) is 6.92 Å². The van der Waals surface area contributed by atoms with Gasteiger partial charge in [0.1, 0.15) is 0 Å². The van der Waals surface area contributed by atoms with Crippen molar-refractivity contribution in [1.29, 1.82) is 0 Å². The van der Waals surface area contributed by atoms with E-state index in [1.165, 1.54) is 0 Å². The molecule has 1 aromatic heterocycles. The Balaban J connectivity index is 2.23. The van der Waals surface area contributed by atoms with Crippen LogP contribution < -0.4 is 9.47 Å². The second kappa shape index (κ2) is 6.38. The van der Waals surface area contributed by atoms with Crippen molar-refractivity contribution >= 4 is 11.6 Å². The second-order valence-corrected chi connectivity index (χ2v) is 4.15. The zero-order valence-corrected chi connectivity index (χ0v) is 11.6. The Morgan fingerprint density at radius 1 is 1.21 bits per heavy atom. The minimum absolute atomic E-state index is 0.290. The highest BCUT2D eigenvalue weighted by atomic mass is 35.5. The first-order valence-corrected chi connectivity index (χ1v) is 6.56. The molecule has 0 N–H and O–H groups in total. The summed E-state index contributed by atoms with van der Waals surface area (Å²) in [5, 5.41) is 0. The first-order valence-electron chi connectivity index (χ1n) is 6.02. The Morgan fingerprint density at radius 3 is 2.58 bits per heavy atom. The van der Waals surface area contributed by atoms with E-state index in [1.807, 2.05) is 38.1 Å². The van der Waals surface area contributed by atoms with Crippen molar-refractivity contribution < 1.29 is 9.47 Å². The lowest BCUT2D eigenvalue weighted by molar-refractivity contribution is 0.317. The number of benzene rings is 1. The molecule has 0 saturated carbocycles. The Labute approximate surface area is 117 Å². The minimum Gasteiger partial charge on any atom is -0.490 e. The largest absolute Gasteiger partial charge is 0.490 e. The standard InChI is InChI=1S/C14H15ClN2O2/c1-3-18-12-6-4-5-7-13(12)19-14-16-9-11(8-15)10(2)17-14/h4-7,9H,3,8H2,1-2H3. The smallest absolute Gasteiger partial charge is 0.322 e. The van der Waals surface area contributed by atoms with Crippen molar-refractivity contribution in [1.82, 2.24) is 9.97 Å². The van der Waals surface area contributed by atoms with Crippen LogP contribution in [-0.4, -0.2) is 16.6 Å². The van der Waals surface area contributed by atoms with E-state index < -0.39 is 0 Å². The Hall–Kier alpha value is -1.81. The maximum atomic E-state index is 5.77. The van der Waals surface area contributed by atoms with Crippen LogP contribution in [0.15, 0.2) is 30.5 Å². The number of hydrogen-bond acceptors (Lipinski definition) is 4. The molecule has 0 atom stereocenters. The zero-order valence-electron chi connectivity index (χ0n) is 10.9. The molecule has 0 spiro atoms. The van der Waals surface area contributed by atoms with Gasteiger partial charge in [-0.25, -0.2) is 4.98 Å². The quantitative estimate of drug-likeness (QED) is 0.782. The molecule has 0 unspecified atom stereocenters. The van der Waals surface area contributed by atoms with Gasteiger partial charge in [0.2, 0.25) is 0 Å². The van der Waals surface area contributed by atoms with Gasteiger partial charge in [0, 0.05) is 17.5 Å². The van der Waals surface area contributed by atoms with E-state index in [0.29, 0.717) is 30.0 Å². The highest BCUT2D eigenvalue weighted by molar-refractivity contribution is 6.17. The number of ether oxygens (including phenoxy) is 2. The van der Waals surface area contributed by atoms with Crippen LogP contribution in [0.1, 0.15) is 18.2 Å². The molecule has 0 radical (unpaired) electrons. The third-order valence-corrected chi connectivity index (χ3v) is 2.84. The number of hydrogen-bond donors (Lipinski definition) is 0. The summed E-state index contributed by atoms with van der Waals surface area (Å²) < 4.78 is 11.1. The first-order chi connectivity index (χ1) is 9.24. The van der Waals surface area contributed by atoms with E-state index in [0.717, 1.165) is 11.3 Å². The molecule has 19 heavy (non-hydrogen) atoms. The normalized spacial score (nSPS) is 10.3. The van der Waals surface area contributed by atoms with Crippen LogP contribution in [-0.2, 0) is 5.88 Å². The van der Waals surface area contributed by atoms with Crippen molar-refractivity contribution in [3.05, 3.63) is 41.7 Å². The molecular weight excluding hydrogens is 264 g/mol. The Kier molecular flexibility index (Phi) is 4.58. The van der Waals surface area contributed by atoms with Gasteiger partial charge in [-0.2, -0.15) is 4.98 Å². The highest BCUT2D eigenvalue weighted by Crippen LogP contribution is 2.29. The van der Waals surface area contributed by atoms with Crippen LogP contribution in [0.3, 0.4) is 0 Å². The number of rotatable bonds is 5. The van der Waals surface area contributed by atoms with Crippen LogP contribution >= 0.6 is 11.6 Å². The zero-order chi connectivity index (χ0) is 13.7. The SMILES string of the molecule is CCOc1ccccc1Oc1ncc(CCl)c(C)n1. The third-order valence-electron chi connectivity index (χ3n) is 2.55. The number of alkyl halides is 1. The van der Waals surface area contributed by atoms with Gasteiger partial charge in [0.15, 0.2) is 11.5 Å². The van der Waals surface area contributed by atoms with Crippen molar-refractivity contribution in [2.75, 3.05) is 6.61 Å². The highest BCUT2D eigenvalue weighted by Gasteiger charge is 2.08. The maximum Gasteiger partial charge on any atom is 0.322 e. The van der Waals surface area contributed by atoms with E-state index in [9.17, 15) is 0 Å². The Bertz CT molecular complexity index is 561. The Morgan fingerprint density at radius 2 is 1.95 bits per heavy atom. The summed E-state index contributed by atoms with van der Waals surface area (Å²) in [6.07, 6.45) is 1.67. The van der Waals surface area contributed by atoms with Crippen LogP contribution in [0.2, 0.25) is 0 Å². The van der Waals surface area contributed by atoms with Gasteiger partial charge < -0.3 is 9.47 Å². The summed E-state index contributed by atoms with van der Waals surface area (Å²) >= 11 is 5.77. The predicted molar refractivity (Wildman–Crippen MR) is 74.0 cm³/mol. The molecule has 5 heteroatoms. The number of aryl methyl sites for hydroxylation is 1. The van der Waals surface area contributed by atoms with Gasteiger partial charge in [0.05, 0.1) is 12.5 Å². The molecule has 0 aliphatic heterocycles. The first kappa shape index (κ1) is 13.6. The summed E-state index contributed by atoms with van der Waals surface area (Å²) in [6.45, 7) is 4.37. The lowest BCUT2D eigenvalue weighted by Gasteiger charge is -2.10. The molecule has 1 aromatic carbocycles. The van der Waals surface area contributed by atoms with Crippen molar-refractivity contribution in [3.8, 4) is 17.5 Å². The average Bonchev–Trinajstić information content (AvgIpc) is 2.41. The summed E-state index contributed by atoms with van der Waals surface area (Å²) in [4.78, 5) is 8.40. The molecule has 2 aromatic rings. The lowest BCUT2D eigenvalue weighted by Crippen LogP contribution is -1.99. The molecule has 0 amide bonds. The van der Waals surface area contributed by atoms with Gasteiger partial charge in [-0.1, -0.05) is 12.1 Å². The van der Waals surface area contributed by atoms with Crippen molar-refractivity contribution in [2.45, 2.75) is 19.7 Å². The molecule has 0 bridgehead atoms. The van der Waals surface area contributed by atoms with Crippen LogP contribution in [0.25, 0.3) is 0 Å². The van der Waals surface area contributed by atoms with Gasteiger partial charge in [-0.05, 0) is 26.0 Å². The van der Waals surface area contributed by atoms with E-state index in [4.69, 9.17) is 21.1 Å². The molecule has 0 aliphatic rings. The van der Waals surface area contributed by atoms with Gasteiger partial charge in [0.25, 0.3) is 0 Å². The summed E-state index contributed by atoms with van der Waals surface area (Å²) in [5.41, 5.74) is 1.71. The van der Waals surface area contributed by atoms with Crippen molar-refractivity contribution in [2.24, 2.45) is 0 Å². The predicted octanol–water partition coefficient (Wildman–Crippen LogP) is 3.71. The molecule has 4 nitrogen and oxygen atoms in total. The summed E-state index contributed by atoms with van der Waals surface area (Å²) in [7, 11) is 0. The summed E-state index contributed by atoms with van der Waals surface area (Å²) in [6, 6.07) is 7.72. The molecule has 0 fully saturated rings. The van der Waals surface area contributed by atoms with E-state index in [2.05, 4.69) is 9.97 Å². The van der Waals surface area contributed by atoms with Crippen LogP contribution in [0.5, 0.6) is 17.5 Å². The molecule has 100 valence electrons. The number of aromatic nitrogens is 2. The molecule has 1 heterocycles. The minimum atomic E-state index is 0.290. The number of nitrogens with zero attached hydrogens (tertiary/aromatic N) is 2. The monoisotopic (exact) mass is 278 g/mol. The van der Waals surface area contributed by atoms with Crippen molar-refractivity contribution in [3.63, 3.8) is 0 Å². The molecule has 0 saturated heterocycles. The fraction of sp³-hybridized carbons (Fsp3) is 0.286. The third kappa shape index (κ3) is 3.35. The molecular formula is C14H15ClN2O2. The van der Waals surface area contributed by atoms with Gasteiger partial charge in [-0.15, -0.1) is 11.6 Å². The topological polar surface area (TPSA) is 44.2 Å². The van der Waals surface area contributed by atoms with Gasteiger partial charge >= 0.3 is 6.01 Å². The number of para-hydroxylation sites is 2. The fourth-order valence-electron chi connectivity index (χ4n) is 1.56. The van der Waals surface area contributed by atoms with Gasteiger partial charge in [-0.3, -0.25) is 0 Å². The van der Waals surface area contributed by atoms with E-state index in [-0.39, 0.29) is 0 Å². The van der Waals surface area contributed by atoms with Crippen LogP contribution in [0.4, 0.5) is 0 Å². The second-order valence-electron chi connectivity index (χ2n) is 3.88. The molecule has 0 aliphatic carbocycles. The van der Waals surface area contributed by atoms with E-state index in [1.54, 1.807) is 6.20 Å². The number of halogens is 1. The average molecular weight is 279 g/mol. The lowest BCUT2D eigenvalue weighted by atomic mass is 10.3. The fourth-order valence-corrected chi connectivity index (χ4v) is 1.82. The van der Waals surface area contributed by atoms with E-state index >= 15 is 0 Å². The maximum absolute atomic E-state index is 5.77. The molecule has 2 rings (SSSR count). The summed E-state index contributed by atoms with van der Waals surface area (Å²) in [5.74, 6) is 1.66.